The van der Waals surface area contributed by atoms with E-state index in [2.05, 4.69) is 9.71 Å². The Morgan fingerprint density at radius 1 is 1.37 bits per heavy atom. The van der Waals surface area contributed by atoms with Crippen molar-refractivity contribution in [2.75, 3.05) is 0 Å². The largest absolute Gasteiger partial charge is 0.252 e. The minimum Gasteiger partial charge on any atom is -0.229 e. The molecule has 2 rings (SSSR count). The van der Waals surface area contributed by atoms with E-state index < -0.39 is 10.0 Å². The van der Waals surface area contributed by atoms with Crippen molar-refractivity contribution in [3.05, 3.63) is 45.6 Å². The molecule has 0 amide bonds. The van der Waals surface area contributed by atoms with Crippen LogP contribution >= 0.6 is 22.9 Å². The Kier molecular flexibility index (Phi) is 4.25. The zero-order chi connectivity index (χ0) is 14.0. The van der Waals surface area contributed by atoms with Crippen molar-refractivity contribution in [3.8, 4) is 0 Å². The van der Waals surface area contributed by atoms with E-state index in [4.69, 9.17) is 11.6 Å². The van der Waals surface area contributed by atoms with Crippen LogP contribution in [-0.4, -0.2) is 13.4 Å². The third kappa shape index (κ3) is 3.54. The second-order valence-electron chi connectivity index (χ2n) is 4.15. The fourth-order valence-electron chi connectivity index (χ4n) is 1.67. The number of thiazole rings is 1. The van der Waals surface area contributed by atoms with Crippen molar-refractivity contribution in [1.82, 2.24) is 9.71 Å². The lowest BCUT2D eigenvalue weighted by Gasteiger charge is -2.06. The predicted molar refractivity (Wildman–Crippen MR) is 77.1 cm³/mol. The molecule has 0 saturated heterocycles. The van der Waals surface area contributed by atoms with E-state index in [0.29, 0.717) is 5.69 Å². The Hall–Kier alpha value is -0.950. The lowest BCUT2D eigenvalue weighted by molar-refractivity contribution is 0.582. The fraction of sp³-hybridized carbons (Fsp3) is 0.250. The molecule has 0 aliphatic heterocycles. The summed E-state index contributed by atoms with van der Waals surface area (Å²) in [7, 11) is -3.56. The maximum Gasteiger partial charge on any atom is 0.252 e. The van der Waals surface area contributed by atoms with Gasteiger partial charge in [0.1, 0.15) is 0 Å². The van der Waals surface area contributed by atoms with E-state index >= 15 is 0 Å². The van der Waals surface area contributed by atoms with E-state index in [-0.39, 0.29) is 15.2 Å². The van der Waals surface area contributed by atoms with Crippen molar-refractivity contribution < 1.29 is 8.42 Å². The molecule has 0 spiro atoms. The Morgan fingerprint density at radius 2 is 2.11 bits per heavy atom. The predicted octanol–water partition coefficient (Wildman–Crippen LogP) is 2.89. The van der Waals surface area contributed by atoms with Crippen molar-refractivity contribution >= 4 is 33.0 Å². The maximum absolute atomic E-state index is 12.1. The molecule has 0 radical (unpaired) electrons. The average molecular weight is 317 g/mol. The molecule has 19 heavy (non-hydrogen) atoms. The van der Waals surface area contributed by atoms with E-state index in [1.165, 1.54) is 0 Å². The number of aryl methyl sites for hydroxylation is 2. The monoisotopic (exact) mass is 316 g/mol. The number of hydrogen-bond acceptors (Lipinski definition) is 4. The summed E-state index contributed by atoms with van der Waals surface area (Å²) >= 11 is 6.69. The van der Waals surface area contributed by atoms with Gasteiger partial charge in [-0.05, 0) is 19.4 Å². The first-order valence-corrected chi connectivity index (χ1v) is 8.24. The second-order valence-corrected chi connectivity index (χ2v) is 7.70. The Bertz CT molecular complexity index is 696. The van der Waals surface area contributed by atoms with E-state index in [1.54, 1.807) is 6.92 Å². The van der Waals surface area contributed by atoms with Gasteiger partial charge in [0.2, 0.25) is 0 Å². The third-order valence-corrected chi connectivity index (χ3v) is 5.79. The van der Waals surface area contributed by atoms with Gasteiger partial charge in [0.05, 0.1) is 5.69 Å². The highest BCUT2D eigenvalue weighted by Crippen LogP contribution is 2.26. The van der Waals surface area contributed by atoms with Crippen LogP contribution in [0.4, 0.5) is 0 Å². The summed E-state index contributed by atoms with van der Waals surface area (Å²) in [5.74, 6) is 0. The van der Waals surface area contributed by atoms with Crippen molar-refractivity contribution in [1.29, 1.82) is 0 Å². The normalized spacial score (nSPS) is 11.7. The summed E-state index contributed by atoms with van der Waals surface area (Å²) in [6, 6.07) is 7.68. The molecule has 0 aliphatic carbocycles. The van der Waals surface area contributed by atoms with Crippen LogP contribution in [0.2, 0.25) is 4.47 Å². The third-order valence-electron chi connectivity index (χ3n) is 2.52. The Labute approximate surface area is 121 Å². The second kappa shape index (κ2) is 5.58. The van der Waals surface area contributed by atoms with Gasteiger partial charge in [-0.1, -0.05) is 52.8 Å². The van der Waals surface area contributed by atoms with Gasteiger partial charge in [-0.2, -0.15) is 0 Å². The van der Waals surface area contributed by atoms with Gasteiger partial charge >= 0.3 is 0 Å². The topological polar surface area (TPSA) is 59.1 Å². The molecule has 102 valence electrons. The van der Waals surface area contributed by atoms with Crippen LogP contribution in [0.25, 0.3) is 0 Å². The van der Waals surface area contributed by atoms with Crippen molar-refractivity contribution in [2.45, 2.75) is 24.6 Å². The number of hydrogen-bond donors (Lipinski definition) is 1. The number of aromatic nitrogens is 1. The summed E-state index contributed by atoms with van der Waals surface area (Å²) in [6.45, 7) is 3.84. The van der Waals surface area contributed by atoms with Crippen LogP contribution in [-0.2, 0) is 16.6 Å². The molecule has 4 nitrogen and oxygen atoms in total. The van der Waals surface area contributed by atoms with E-state index in [9.17, 15) is 8.42 Å². The molecular weight excluding hydrogens is 304 g/mol. The van der Waals surface area contributed by atoms with Gasteiger partial charge in [0.15, 0.2) is 8.68 Å². The highest BCUT2D eigenvalue weighted by Gasteiger charge is 2.20. The quantitative estimate of drug-likeness (QED) is 0.943. The highest BCUT2D eigenvalue weighted by atomic mass is 35.5. The van der Waals surface area contributed by atoms with E-state index in [0.717, 1.165) is 22.5 Å². The molecule has 0 fully saturated rings. The molecule has 1 N–H and O–H groups in total. The standard InChI is InChI=1S/C12H13ClN2O2S2/c1-8-4-3-5-10(6-8)7-14-19(16,17)11-9(2)15-12(13)18-11/h3-6,14H,7H2,1-2H3. The smallest absolute Gasteiger partial charge is 0.229 e. The van der Waals surface area contributed by atoms with Gasteiger partial charge in [-0.3, -0.25) is 0 Å². The minimum atomic E-state index is -3.56. The molecule has 1 heterocycles. The highest BCUT2D eigenvalue weighted by molar-refractivity contribution is 7.91. The molecule has 0 aliphatic rings. The van der Waals surface area contributed by atoms with Gasteiger partial charge in [-0.15, -0.1) is 0 Å². The van der Waals surface area contributed by atoms with Crippen LogP contribution in [0.1, 0.15) is 16.8 Å². The van der Waals surface area contributed by atoms with Gasteiger partial charge in [-0.25, -0.2) is 18.1 Å². The SMILES string of the molecule is Cc1cccc(CNS(=O)(=O)c2sc(Cl)nc2C)c1. The molecule has 1 aromatic heterocycles. The molecule has 7 heteroatoms. The van der Waals surface area contributed by atoms with Crippen LogP contribution in [0.3, 0.4) is 0 Å². The lowest BCUT2D eigenvalue weighted by atomic mass is 10.1. The summed E-state index contributed by atoms with van der Waals surface area (Å²) in [4.78, 5) is 3.91. The van der Waals surface area contributed by atoms with Crippen molar-refractivity contribution in [3.63, 3.8) is 0 Å². The van der Waals surface area contributed by atoms with Gasteiger partial charge in [0.25, 0.3) is 10.0 Å². The molecule has 1 aromatic carbocycles. The zero-order valence-corrected chi connectivity index (χ0v) is 12.9. The maximum atomic E-state index is 12.1. The summed E-state index contributed by atoms with van der Waals surface area (Å²) in [5.41, 5.74) is 2.43. The van der Waals surface area contributed by atoms with Crippen LogP contribution in [0, 0.1) is 13.8 Å². The number of sulfonamides is 1. The lowest BCUT2D eigenvalue weighted by Crippen LogP contribution is -2.23. The summed E-state index contributed by atoms with van der Waals surface area (Å²) in [5, 5.41) is 0. The number of benzene rings is 1. The first kappa shape index (κ1) is 14.5. The number of nitrogens with zero attached hydrogens (tertiary/aromatic N) is 1. The number of nitrogens with one attached hydrogen (secondary N) is 1. The first-order chi connectivity index (χ1) is 8.88. The van der Waals surface area contributed by atoms with Crippen LogP contribution in [0.5, 0.6) is 0 Å². The van der Waals surface area contributed by atoms with E-state index in [1.807, 2.05) is 31.2 Å². The number of rotatable bonds is 4. The fourth-order valence-corrected chi connectivity index (χ4v) is 4.47. The minimum absolute atomic E-state index is 0.171. The summed E-state index contributed by atoms with van der Waals surface area (Å²) < 4.78 is 27.2. The van der Waals surface area contributed by atoms with Gasteiger partial charge in [0, 0.05) is 6.54 Å². The molecule has 0 saturated carbocycles. The van der Waals surface area contributed by atoms with Crippen LogP contribution in [0.15, 0.2) is 28.5 Å². The molecule has 0 atom stereocenters. The van der Waals surface area contributed by atoms with Crippen LogP contribution < -0.4 is 4.72 Å². The molecular formula is C12H13ClN2O2S2. The zero-order valence-electron chi connectivity index (χ0n) is 10.5. The van der Waals surface area contributed by atoms with Gasteiger partial charge < -0.3 is 0 Å². The Balaban J connectivity index is 2.16. The summed E-state index contributed by atoms with van der Waals surface area (Å²) in [6.07, 6.45) is 0. The molecule has 0 bridgehead atoms. The first-order valence-electron chi connectivity index (χ1n) is 5.56. The molecule has 0 unspecified atom stereocenters. The average Bonchev–Trinajstić information content (AvgIpc) is 2.67. The Morgan fingerprint density at radius 3 is 2.68 bits per heavy atom. The number of halogens is 1. The molecule has 2 aromatic rings. The van der Waals surface area contributed by atoms with Crippen molar-refractivity contribution in [2.24, 2.45) is 0 Å².